The van der Waals surface area contributed by atoms with Crippen molar-refractivity contribution in [2.75, 3.05) is 24.5 Å². The zero-order chi connectivity index (χ0) is 15.7. The Bertz CT molecular complexity index is 717. The zero-order valence-corrected chi connectivity index (χ0v) is 11.5. The fourth-order valence-electron chi connectivity index (χ4n) is 2.41. The van der Waals surface area contributed by atoms with Crippen molar-refractivity contribution in [3.8, 4) is 0 Å². The highest BCUT2D eigenvalue weighted by Gasteiger charge is 2.36. The lowest BCUT2D eigenvalue weighted by Gasteiger charge is -2.23. The number of benzene rings is 1. The predicted octanol–water partition coefficient (Wildman–Crippen LogP) is 1.97. The Labute approximate surface area is 124 Å². The summed E-state index contributed by atoms with van der Waals surface area (Å²) in [6, 6.07) is 6.57. The molecule has 1 saturated heterocycles. The van der Waals surface area contributed by atoms with Gasteiger partial charge in [0, 0.05) is 31.4 Å². The van der Waals surface area contributed by atoms with Crippen LogP contribution in [0.3, 0.4) is 0 Å². The summed E-state index contributed by atoms with van der Waals surface area (Å²) in [6.45, 7) is 1.10. The number of rotatable bonds is 1. The lowest BCUT2D eigenvalue weighted by atomic mass is 10.2. The molecule has 116 valence electrons. The van der Waals surface area contributed by atoms with E-state index in [1.807, 2.05) is 0 Å². The van der Waals surface area contributed by atoms with Crippen molar-refractivity contribution in [1.29, 1.82) is 0 Å². The highest BCUT2D eigenvalue weighted by atomic mass is 19.4. The highest BCUT2D eigenvalue weighted by Crippen LogP contribution is 2.31. The summed E-state index contributed by atoms with van der Waals surface area (Å²) >= 11 is 0. The molecule has 5 nitrogen and oxygen atoms in total. The molecule has 1 amide bonds. The summed E-state index contributed by atoms with van der Waals surface area (Å²) < 4.78 is 39.0. The van der Waals surface area contributed by atoms with E-state index in [0.717, 1.165) is 0 Å². The third-order valence-corrected chi connectivity index (χ3v) is 3.45. The molecule has 2 heterocycles. The van der Waals surface area contributed by atoms with E-state index in [1.165, 1.54) is 6.07 Å². The third kappa shape index (κ3) is 2.81. The molecule has 8 heteroatoms. The molecule has 0 spiro atoms. The quantitative estimate of drug-likeness (QED) is 0.875. The van der Waals surface area contributed by atoms with E-state index in [1.54, 1.807) is 23.1 Å². The van der Waals surface area contributed by atoms with Gasteiger partial charge in [0.05, 0.1) is 5.52 Å². The summed E-state index contributed by atoms with van der Waals surface area (Å²) in [5, 5.41) is 3.24. The first-order valence-corrected chi connectivity index (χ1v) is 6.81. The van der Waals surface area contributed by atoms with Crippen molar-refractivity contribution in [3.05, 3.63) is 30.1 Å². The number of para-hydroxylation sites is 1. The first kappa shape index (κ1) is 14.6. The molecular formula is C14H13F3N4O. The number of hydrogen-bond acceptors (Lipinski definition) is 4. The maximum absolute atomic E-state index is 13.0. The van der Waals surface area contributed by atoms with E-state index in [-0.39, 0.29) is 23.7 Å². The van der Waals surface area contributed by atoms with Gasteiger partial charge in [-0.05, 0) is 12.1 Å². The largest absolute Gasteiger partial charge is 0.451 e. The van der Waals surface area contributed by atoms with Crippen LogP contribution in [0.15, 0.2) is 24.3 Å². The lowest BCUT2D eigenvalue weighted by Crippen LogP contribution is -2.30. The van der Waals surface area contributed by atoms with Gasteiger partial charge in [0.2, 0.25) is 11.7 Å². The molecule has 3 rings (SSSR count). The Morgan fingerprint density at radius 1 is 1.14 bits per heavy atom. The molecular weight excluding hydrogens is 297 g/mol. The van der Waals surface area contributed by atoms with Crippen molar-refractivity contribution in [1.82, 2.24) is 15.3 Å². The second kappa shape index (κ2) is 5.43. The van der Waals surface area contributed by atoms with Crippen molar-refractivity contribution in [3.63, 3.8) is 0 Å². The molecule has 1 aliphatic heterocycles. The topological polar surface area (TPSA) is 58.1 Å². The number of carbonyl (C=O) groups excluding carboxylic acids is 1. The smallest absolute Gasteiger partial charge is 0.354 e. The van der Waals surface area contributed by atoms with Crippen LogP contribution in [0.2, 0.25) is 0 Å². The van der Waals surface area contributed by atoms with Gasteiger partial charge in [0.25, 0.3) is 0 Å². The molecule has 0 saturated carbocycles. The number of amides is 1. The minimum Gasteiger partial charge on any atom is -0.354 e. The Morgan fingerprint density at radius 3 is 2.68 bits per heavy atom. The molecule has 1 aliphatic rings. The van der Waals surface area contributed by atoms with E-state index in [2.05, 4.69) is 15.3 Å². The average Bonchev–Trinajstić information content (AvgIpc) is 2.70. The number of fused-ring (bicyclic) bond motifs is 1. The molecule has 2 aromatic rings. The van der Waals surface area contributed by atoms with Gasteiger partial charge in [-0.1, -0.05) is 12.1 Å². The van der Waals surface area contributed by atoms with Crippen LogP contribution < -0.4 is 10.2 Å². The van der Waals surface area contributed by atoms with E-state index in [4.69, 9.17) is 0 Å². The highest BCUT2D eigenvalue weighted by molar-refractivity contribution is 5.90. The SMILES string of the molecule is O=C1CCN(c2nc(C(F)(F)F)nc3ccccc23)CCN1. The van der Waals surface area contributed by atoms with Gasteiger partial charge in [0.1, 0.15) is 5.82 Å². The van der Waals surface area contributed by atoms with Crippen LogP contribution in [0.5, 0.6) is 0 Å². The number of anilines is 1. The minimum absolute atomic E-state index is 0.114. The summed E-state index contributed by atoms with van der Waals surface area (Å²) in [6.07, 6.45) is -4.39. The van der Waals surface area contributed by atoms with E-state index in [9.17, 15) is 18.0 Å². The van der Waals surface area contributed by atoms with Crippen LogP contribution in [0.1, 0.15) is 12.2 Å². The average molecular weight is 310 g/mol. The molecule has 1 aromatic carbocycles. The van der Waals surface area contributed by atoms with Gasteiger partial charge < -0.3 is 10.2 Å². The molecule has 22 heavy (non-hydrogen) atoms. The number of nitrogens with zero attached hydrogens (tertiary/aromatic N) is 3. The van der Waals surface area contributed by atoms with Crippen LogP contribution in [-0.4, -0.2) is 35.5 Å². The molecule has 1 N–H and O–H groups in total. The van der Waals surface area contributed by atoms with Crippen LogP contribution in [0.4, 0.5) is 19.0 Å². The monoisotopic (exact) mass is 310 g/mol. The van der Waals surface area contributed by atoms with Crippen LogP contribution in [0.25, 0.3) is 10.9 Å². The van der Waals surface area contributed by atoms with Crippen LogP contribution in [-0.2, 0) is 11.0 Å². The van der Waals surface area contributed by atoms with E-state index in [0.29, 0.717) is 25.0 Å². The Balaban J connectivity index is 2.12. The van der Waals surface area contributed by atoms with Crippen molar-refractivity contribution in [2.45, 2.75) is 12.6 Å². The maximum atomic E-state index is 13.0. The normalized spacial score (nSPS) is 16.5. The number of aromatic nitrogens is 2. The lowest BCUT2D eigenvalue weighted by molar-refractivity contribution is -0.144. The fourth-order valence-corrected chi connectivity index (χ4v) is 2.41. The number of hydrogen-bond donors (Lipinski definition) is 1. The molecule has 0 unspecified atom stereocenters. The number of halogens is 3. The number of alkyl halides is 3. The predicted molar refractivity (Wildman–Crippen MR) is 74.4 cm³/mol. The van der Waals surface area contributed by atoms with Gasteiger partial charge in [-0.2, -0.15) is 13.2 Å². The van der Waals surface area contributed by atoms with E-state index < -0.39 is 12.0 Å². The van der Waals surface area contributed by atoms with Crippen LogP contribution in [0, 0.1) is 0 Å². The minimum atomic E-state index is -4.61. The van der Waals surface area contributed by atoms with E-state index >= 15 is 0 Å². The van der Waals surface area contributed by atoms with Gasteiger partial charge in [-0.3, -0.25) is 4.79 Å². The standard InChI is InChI=1S/C14H13F3N4O/c15-14(16,17)13-19-10-4-2-1-3-9(10)12(20-13)21-7-5-11(22)18-6-8-21/h1-4H,5-8H2,(H,18,22). The number of nitrogens with one attached hydrogen (secondary N) is 1. The van der Waals surface area contributed by atoms with Crippen molar-refractivity contribution >= 4 is 22.6 Å². The second-order valence-electron chi connectivity index (χ2n) is 4.97. The van der Waals surface area contributed by atoms with Crippen molar-refractivity contribution < 1.29 is 18.0 Å². The Kier molecular flexibility index (Phi) is 3.59. The fraction of sp³-hybridized carbons (Fsp3) is 0.357. The Hall–Kier alpha value is -2.38. The van der Waals surface area contributed by atoms with Crippen LogP contribution >= 0.6 is 0 Å². The maximum Gasteiger partial charge on any atom is 0.451 e. The molecule has 0 bridgehead atoms. The summed E-state index contributed by atoms with van der Waals surface area (Å²) in [5.74, 6) is -1.06. The Morgan fingerprint density at radius 2 is 1.91 bits per heavy atom. The van der Waals surface area contributed by atoms with Gasteiger partial charge in [-0.25, -0.2) is 9.97 Å². The number of carbonyl (C=O) groups is 1. The summed E-state index contributed by atoms with van der Waals surface area (Å²) in [7, 11) is 0. The second-order valence-corrected chi connectivity index (χ2v) is 4.97. The first-order chi connectivity index (χ1) is 10.4. The third-order valence-electron chi connectivity index (χ3n) is 3.45. The first-order valence-electron chi connectivity index (χ1n) is 6.81. The molecule has 0 radical (unpaired) electrons. The van der Waals surface area contributed by atoms with Gasteiger partial charge >= 0.3 is 6.18 Å². The molecule has 0 aliphatic carbocycles. The van der Waals surface area contributed by atoms with Crippen molar-refractivity contribution in [2.24, 2.45) is 0 Å². The van der Waals surface area contributed by atoms with Gasteiger partial charge in [-0.15, -0.1) is 0 Å². The summed E-state index contributed by atoms with van der Waals surface area (Å²) in [4.78, 5) is 20.4. The summed E-state index contributed by atoms with van der Waals surface area (Å²) in [5.41, 5.74) is 0.239. The molecule has 1 fully saturated rings. The zero-order valence-electron chi connectivity index (χ0n) is 11.5. The van der Waals surface area contributed by atoms with Gasteiger partial charge in [0.15, 0.2) is 0 Å². The molecule has 1 aromatic heterocycles. The molecule has 0 atom stereocenters.